The average molecular weight is 195 g/mol. The van der Waals surface area contributed by atoms with Crippen molar-refractivity contribution in [2.24, 2.45) is 0 Å². The number of benzene rings is 1. The minimum Gasteiger partial charge on any atom is -0.385 e. The molecule has 0 spiro atoms. The fourth-order valence-corrected chi connectivity index (χ4v) is 0.876. The second-order valence-corrected chi connectivity index (χ2v) is 2.40. The number of aryl methyl sites for hydroxylation is 1. The van der Waals surface area contributed by atoms with Gasteiger partial charge in [0.1, 0.15) is 0 Å². The lowest BCUT2D eigenvalue weighted by Gasteiger charge is -2.01. The molecule has 0 saturated heterocycles. The van der Waals surface area contributed by atoms with E-state index in [0.717, 1.165) is 6.54 Å². The Morgan fingerprint density at radius 1 is 0.929 bits per heavy atom. The lowest BCUT2D eigenvalue weighted by atomic mass is 10.2. The smallest absolute Gasteiger partial charge is 0.0340 e. The van der Waals surface area contributed by atoms with Crippen LogP contribution >= 0.6 is 0 Å². The fraction of sp³-hybridized carbons (Fsp3) is 0.538. The van der Waals surface area contributed by atoms with E-state index in [1.807, 2.05) is 27.7 Å². The van der Waals surface area contributed by atoms with Gasteiger partial charge >= 0.3 is 0 Å². The third-order valence-electron chi connectivity index (χ3n) is 1.43. The van der Waals surface area contributed by atoms with Gasteiger partial charge in [0.25, 0.3) is 0 Å². The van der Waals surface area contributed by atoms with Gasteiger partial charge in [-0.2, -0.15) is 0 Å². The summed E-state index contributed by atoms with van der Waals surface area (Å²) in [7, 11) is 0. The molecule has 0 unspecified atom stereocenters. The zero-order valence-corrected chi connectivity index (χ0v) is 10.5. The molecule has 0 saturated carbocycles. The normalized spacial score (nSPS) is 7.57. The molecule has 0 atom stereocenters. The summed E-state index contributed by atoms with van der Waals surface area (Å²) >= 11 is 0. The highest BCUT2D eigenvalue weighted by molar-refractivity contribution is 5.43. The van der Waals surface area contributed by atoms with Crippen molar-refractivity contribution in [1.29, 1.82) is 0 Å². The minimum atomic E-state index is 0.989. The first-order valence-corrected chi connectivity index (χ1v) is 5.63. The Bertz CT molecular complexity index is 189. The molecule has 0 aromatic heterocycles. The summed E-state index contributed by atoms with van der Waals surface area (Å²) in [4.78, 5) is 0. The van der Waals surface area contributed by atoms with Crippen LogP contribution in [0.4, 0.5) is 5.69 Å². The molecule has 1 heteroatoms. The van der Waals surface area contributed by atoms with Gasteiger partial charge in [-0.15, -0.1) is 0 Å². The van der Waals surface area contributed by atoms with Gasteiger partial charge in [0.05, 0.1) is 0 Å². The van der Waals surface area contributed by atoms with Crippen molar-refractivity contribution in [2.75, 3.05) is 11.9 Å². The van der Waals surface area contributed by atoms with E-state index in [9.17, 15) is 0 Å². The van der Waals surface area contributed by atoms with Gasteiger partial charge in [-0.3, -0.25) is 0 Å². The second kappa shape index (κ2) is 12.0. The summed E-state index contributed by atoms with van der Waals surface area (Å²) in [6.07, 6.45) is 0. The molecule has 0 fully saturated rings. The summed E-state index contributed by atoms with van der Waals surface area (Å²) in [6.45, 7) is 13.2. The van der Waals surface area contributed by atoms with Crippen LogP contribution in [0.25, 0.3) is 0 Å². The molecule has 0 heterocycles. The molecule has 1 N–H and O–H groups in total. The molecule has 0 bridgehead atoms. The number of anilines is 1. The Morgan fingerprint density at radius 2 is 1.36 bits per heavy atom. The largest absolute Gasteiger partial charge is 0.385 e. The summed E-state index contributed by atoms with van der Waals surface area (Å²) in [5.74, 6) is 0. The van der Waals surface area contributed by atoms with Crippen molar-refractivity contribution >= 4 is 5.69 Å². The van der Waals surface area contributed by atoms with Gasteiger partial charge in [0.15, 0.2) is 0 Å². The third-order valence-corrected chi connectivity index (χ3v) is 1.43. The van der Waals surface area contributed by atoms with Crippen LogP contribution in [0, 0.1) is 6.92 Å². The van der Waals surface area contributed by atoms with Crippen molar-refractivity contribution in [3.05, 3.63) is 29.8 Å². The maximum absolute atomic E-state index is 3.23. The first kappa shape index (κ1) is 15.5. The minimum absolute atomic E-state index is 0.989. The van der Waals surface area contributed by atoms with Crippen LogP contribution in [0.2, 0.25) is 0 Å². The maximum atomic E-state index is 3.23. The quantitative estimate of drug-likeness (QED) is 0.733. The van der Waals surface area contributed by atoms with Gasteiger partial charge < -0.3 is 5.32 Å². The van der Waals surface area contributed by atoms with E-state index in [2.05, 4.69) is 43.4 Å². The maximum Gasteiger partial charge on any atom is 0.0340 e. The highest BCUT2D eigenvalue weighted by Crippen LogP contribution is 2.07. The average Bonchev–Trinajstić information content (AvgIpc) is 2.28. The summed E-state index contributed by atoms with van der Waals surface area (Å²) in [5.41, 5.74) is 2.51. The predicted octanol–water partition coefficient (Wildman–Crippen LogP) is 4.48. The number of hydrogen-bond donors (Lipinski definition) is 1. The van der Waals surface area contributed by atoms with Crippen molar-refractivity contribution < 1.29 is 0 Å². The van der Waals surface area contributed by atoms with Gasteiger partial charge in [-0.25, -0.2) is 0 Å². The van der Waals surface area contributed by atoms with E-state index < -0.39 is 0 Å². The van der Waals surface area contributed by atoms with Gasteiger partial charge in [-0.1, -0.05) is 45.4 Å². The number of rotatable bonds is 2. The van der Waals surface area contributed by atoms with Crippen molar-refractivity contribution in [1.82, 2.24) is 0 Å². The topological polar surface area (TPSA) is 12.0 Å². The van der Waals surface area contributed by atoms with Crippen LogP contribution in [0.15, 0.2) is 24.3 Å². The Kier molecular flexibility index (Phi) is 13.3. The molecule has 82 valence electrons. The second-order valence-electron chi connectivity index (χ2n) is 2.40. The molecule has 14 heavy (non-hydrogen) atoms. The van der Waals surface area contributed by atoms with Crippen molar-refractivity contribution in [2.45, 2.75) is 41.5 Å². The van der Waals surface area contributed by atoms with Gasteiger partial charge in [0, 0.05) is 12.2 Å². The Balaban J connectivity index is 0. The summed E-state index contributed by atoms with van der Waals surface area (Å²) < 4.78 is 0. The lowest BCUT2D eigenvalue weighted by molar-refractivity contribution is 1.21. The molecule has 1 nitrogen and oxygen atoms in total. The molecule has 0 radical (unpaired) electrons. The number of hydrogen-bond acceptors (Lipinski definition) is 1. The monoisotopic (exact) mass is 195 g/mol. The Labute approximate surface area is 89.5 Å². The molecule has 0 aliphatic rings. The van der Waals surface area contributed by atoms with Crippen LogP contribution < -0.4 is 5.32 Å². The zero-order chi connectivity index (χ0) is 11.4. The highest BCUT2D eigenvalue weighted by Gasteiger charge is 1.86. The van der Waals surface area contributed by atoms with Crippen molar-refractivity contribution in [3.8, 4) is 0 Å². The van der Waals surface area contributed by atoms with Crippen LogP contribution in [0.3, 0.4) is 0 Å². The van der Waals surface area contributed by atoms with E-state index in [4.69, 9.17) is 0 Å². The summed E-state index contributed by atoms with van der Waals surface area (Å²) in [6, 6.07) is 8.41. The molecule has 1 rings (SSSR count). The predicted molar refractivity (Wildman–Crippen MR) is 68.0 cm³/mol. The Hall–Kier alpha value is -0.980. The molecular formula is C13H25N. The molecule has 0 aliphatic carbocycles. The van der Waals surface area contributed by atoms with Crippen LogP contribution in [-0.2, 0) is 0 Å². The molecular weight excluding hydrogens is 170 g/mol. The molecule has 1 aromatic carbocycles. The van der Waals surface area contributed by atoms with E-state index >= 15 is 0 Å². The zero-order valence-electron chi connectivity index (χ0n) is 10.5. The van der Waals surface area contributed by atoms with Crippen LogP contribution in [0.1, 0.15) is 40.2 Å². The van der Waals surface area contributed by atoms with Crippen LogP contribution in [-0.4, -0.2) is 6.54 Å². The SMILES string of the molecule is CC.CC.CCNc1ccc(C)cc1. The number of nitrogens with one attached hydrogen (secondary N) is 1. The fourth-order valence-electron chi connectivity index (χ4n) is 0.876. The first-order chi connectivity index (χ1) is 6.83. The van der Waals surface area contributed by atoms with E-state index in [1.54, 1.807) is 0 Å². The first-order valence-electron chi connectivity index (χ1n) is 5.63. The van der Waals surface area contributed by atoms with Crippen molar-refractivity contribution in [3.63, 3.8) is 0 Å². The van der Waals surface area contributed by atoms with E-state index in [0.29, 0.717) is 0 Å². The van der Waals surface area contributed by atoms with Gasteiger partial charge in [0.2, 0.25) is 0 Å². The molecule has 0 amide bonds. The summed E-state index contributed by atoms with van der Waals surface area (Å²) in [5, 5.41) is 3.23. The van der Waals surface area contributed by atoms with Crippen LogP contribution in [0.5, 0.6) is 0 Å². The highest BCUT2D eigenvalue weighted by atomic mass is 14.8. The molecule has 1 aromatic rings. The third kappa shape index (κ3) is 7.66. The van der Waals surface area contributed by atoms with Gasteiger partial charge in [-0.05, 0) is 26.0 Å². The molecule has 0 aliphatic heterocycles. The Morgan fingerprint density at radius 3 is 1.71 bits per heavy atom. The lowest BCUT2D eigenvalue weighted by Crippen LogP contribution is -1.95. The standard InChI is InChI=1S/C9H13N.2C2H6/c1-3-10-9-6-4-8(2)5-7-9;2*1-2/h4-7,10H,3H2,1-2H3;2*1-2H3. The van der Waals surface area contributed by atoms with E-state index in [-0.39, 0.29) is 0 Å². The van der Waals surface area contributed by atoms with E-state index in [1.165, 1.54) is 11.3 Å².